The molecule has 4 rings (SSSR count). The summed E-state index contributed by atoms with van der Waals surface area (Å²) in [5.74, 6) is -0.369. The Hall–Kier alpha value is -3.61. The monoisotopic (exact) mass is 424 g/mol. The number of alkyl halides is 3. The summed E-state index contributed by atoms with van der Waals surface area (Å²) in [4.78, 5) is 24.9. The molecule has 0 saturated heterocycles. The van der Waals surface area contributed by atoms with Gasteiger partial charge in [0.15, 0.2) is 0 Å². The molecule has 1 saturated carbocycles. The third-order valence-corrected chi connectivity index (χ3v) is 5.03. The van der Waals surface area contributed by atoms with Crippen molar-refractivity contribution in [3.05, 3.63) is 83.9 Å². The van der Waals surface area contributed by atoms with Gasteiger partial charge in [-0.1, -0.05) is 36.4 Å². The normalized spacial score (nSPS) is 13.5. The molecule has 2 N–H and O–H groups in total. The van der Waals surface area contributed by atoms with Crippen molar-refractivity contribution in [2.45, 2.75) is 19.0 Å². The third kappa shape index (κ3) is 4.94. The van der Waals surface area contributed by atoms with Gasteiger partial charge in [0.05, 0.1) is 5.56 Å². The standard InChI is InChI=1S/C24H19F3N2O2/c25-24(26,27)17-12-10-15(11-13-17)20-6-1-2-7-21(20)23(31)29-19-5-3-4-18(14-19)28-22(30)16-8-9-16/h1-7,10-14,16H,8-9H2,(H,28,30)(H,29,31). The SMILES string of the molecule is O=C(Nc1cccc(NC(=O)C2CC2)c1)c1ccccc1-c1ccc(C(F)(F)F)cc1. The number of hydrogen-bond acceptors (Lipinski definition) is 2. The van der Waals surface area contributed by atoms with Crippen molar-refractivity contribution < 1.29 is 22.8 Å². The lowest BCUT2D eigenvalue weighted by Gasteiger charge is -2.13. The zero-order valence-corrected chi connectivity index (χ0v) is 16.4. The molecule has 4 nitrogen and oxygen atoms in total. The highest BCUT2D eigenvalue weighted by Gasteiger charge is 2.30. The molecule has 1 aliphatic rings. The highest BCUT2D eigenvalue weighted by atomic mass is 19.4. The number of anilines is 2. The van der Waals surface area contributed by atoms with E-state index in [1.807, 2.05) is 0 Å². The lowest BCUT2D eigenvalue weighted by atomic mass is 9.98. The smallest absolute Gasteiger partial charge is 0.326 e. The van der Waals surface area contributed by atoms with Gasteiger partial charge in [-0.3, -0.25) is 9.59 Å². The molecule has 0 unspecified atom stereocenters. The van der Waals surface area contributed by atoms with E-state index in [0.29, 0.717) is 28.1 Å². The zero-order valence-electron chi connectivity index (χ0n) is 16.4. The molecule has 0 aliphatic heterocycles. The summed E-state index contributed by atoms with van der Waals surface area (Å²) in [6.07, 6.45) is -2.64. The highest BCUT2D eigenvalue weighted by molar-refractivity contribution is 6.09. The largest absolute Gasteiger partial charge is 0.416 e. The van der Waals surface area contributed by atoms with Crippen LogP contribution in [0.15, 0.2) is 72.8 Å². The van der Waals surface area contributed by atoms with Gasteiger partial charge >= 0.3 is 6.18 Å². The van der Waals surface area contributed by atoms with Gasteiger partial charge in [-0.25, -0.2) is 0 Å². The number of rotatable bonds is 5. The number of nitrogens with one attached hydrogen (secondary N) is 2. The molecule has 7 heteroatoms. The molecular formula is C24H19F3N2O2. The number of carbonyl (C=O) groups excluding carboxylic acids is 2. The van der Waals surface area contributed by atoms with E-state index < -0.39 is 17.6 Å². The molecule has 2 amide bonds. The average molecular weight is 424 g/mol. The molecule has 0 bridgehead atoms. The van der Waals surface area contributed by atoms with Crippen LogP contribution in [0.2, 0.25) is 0 Å². The molecule has 0 aromatic heterocycles. The molecule has 31 heavy (non-hydrogen) atoms. The molecule has 0 atom stereocenters. The van der Waals surface area contributed by atoms with Gasteiger partial charge in [0.2, 0.25) is 5.91 Å². The molecule has 3 aromatic carbocycles. The van der Waals surface area contributed by atoms with Gasteiger partial charge in [0.1, 0.15) is 0 Å². The zero-order chi connectivity index (χ0) is 22.0. The summed E-state index contributed by atoms with van der Waals surface area (Å²) in [5.41, 5.74) is 1.69. The minimum absolute atomic E-state index is 0.0314. The molecule has 0 spiro atoms. The maximum atomic E-state index is 12.9. The van der Waals surface area contributed by atoms with E-state index in [1.54, 1.807) is 48.5 Å². The van der Waals surface area contributed by atoms with Crippen molar-refractivity contribution in [1.82, 2.24) is 0 Å². The minimum Gasteiger partial charge on any atom is -0.326 e. The van der Waals surface area contributed by atoms with Crippen LogP contribution in [0.25, 0.3) is 11.1 Å². The molecule has 1 aliphatic carbocycles. The second kappa shape index (κ2) is 8.26. The predicted molar refractivity (Wildman–Crippen MR) is 113 cm³/mol. The molecule has 0 heterocycles. The minimum atomic E-state index is -4.42. The Morgan fingerprint density at radius 1 is 0.806 bits per heavy atom. The summed E-state index contributed by atoms with van der Waals surface area (Å²) in [6, 6.07) is 18.2. The maximum Gasteiger partial charge on any atom is 0.416 e. The van der Waals surface area contributed by atoms with Crippen LogP contribution in [0.1, 0.15) is 28.8 Å². The Labute approximate surface area is 177 Å². The van der Waals surface area contributed by atoms with Crippen molar-refractivity contribution in [3.8, 4) is 11.1 Å². The van der Waals surface area contributed by atoms with Crippen molar-refractivity contribution >= 4 is 23.2 Å². The van der Waals surface area contributed by atoms with Gasteiger partial charge in [-0.2, -0.15) is 13.2 Å². The summed E-state index contributed by atoms with van der Waals surface area (Å²) < 4.78 is 38.5. The van der Waals surface area contributed by atoms with Gasteiger partial charge < -0.3 is 10.6 Å². The second-order valence-corrected chi connectivity index (χ2v) is 7.42. The number of hydrogen-bond donors (Lipinski definition) is 2. The quantitative estimate of drug-likeness (QED) is 0.530. The number of carbonyl (C=O) groups is 2. The van der Waals surface area contributed by atoms with Gasteiger partial charge in [0.25, 0.3) is 5.91 Å². The fourth-order valence-corrected chi connectivity index (χ4v) is 3.23. The average Bonchev–Trinajstić information content (AvgIpc) is 3.59. The Kier molecular flexibility index (Phi) is 5.50. The first-order chi connectivity index (χ1) is 14.8. The van der Waals surface area contributed by atoms with E-state index in [2.05, 4.69) is 10.6 Å². The number of amides is 2. The molecular weight excluding hydrogens is 405 g/mol. The van der Waals surface area contributed by atoms with Crippen LogP contribution in [0.4, 0.5) is 24.5 Å². The lowest BCUT2D eigenvalue weighted by Crippen LogP contribution is -2.15. The first-order valence-corrected chi connectivity index (χ1v) is 9.80. The highest BCUT2D eigenvalue weighted by Crippen LogP contribution is 2.32. The van der Waals surface area contributed by atoms with E-state index in [4.69, 9.17) is 0 Å². The van der Waals surface area contributed by atoms with Gasteiger partial charge in [0, 0.05) is 22.9 Å². The molecule has 0 radical (unpaired) electrons. The summed E-state index contributed by atoms with van der Waals surface area (Å²) in [5, 5.41) is 5.62. The third-order valence-electron chi connectivity index (χ3n) is 5.03. The Balaban J connectivity index is 1.54. The lowest BCUT2D eigenvalue weighted by molar-refractivity contribution is -0.137. The number of halogens is 3. The summed E-state index contributed by atoms with van der Waals surface area (Å²) in [7, 11) is 0. The van der Waals surface area contributed by atoms with Gasteiger partial charge in [-0.15, -0.1) is 0 Å². The van der Waals surface area contributed by atoms with E-state index in [9.17, 15) is 22.8 Å². The van der Waals surface area contributed by atoms with Crippen LogP contribution in [-0.2, 0) is 11.0 Å². The van der Waals surface area contributed by atoms with Crippen molar-refractivity contribution in [2.24, 2.45) is 5.92 Å². The second-order valence-electron chi connectivity index (χ2n) is 7.42. The maximum absolute atomic E-state index is 12.9. The first-order valence-electron chi connectivity index (χ1n) is 9.80. The molecule has 3 aromatic rings. The van der Waals surface area contributed by atoms with E-state index in [0.717, 1.165) is 25.0 Å². The predicted octanol–water partition coefficient (Wildman–Crippen LogP) is 5.97. The van der Waals surface area contributed by atoms with Crippen LogP contribution >= 0.6 is 0 Å². The number of benzene rings is 3. The van der Waals surface area contributed by atoms with Crippen molar-refractivity contribution in [1.29, 1.82) is 0 Å². The van der Waals surface area contributed by atoms with Crippen LogP contribution < -0.4 is 10.6 Å². The first kappa shape index (κ1) is 20.7. The molecule has 1 fully saturated rings. The van der Waals surface area contributed by atoms with E-state index in [1.165, 1.54) is 12.1 Å². The van der Waals surface area contributed by atoms with Crippen LogP contribution in [-0.4, -0.2) is 11.8 Å². The van der Waals surface area contributed by atoms with Crippen LogP contribution in [0, 0.1) is 5.92 Å². The Bertz CT molecular complexity index is 1120. The van der Waals surface area contributed by atoms with Crippen LogP contribution in [0.3, 0.4) is 0 Å². The van der Waals surface area contributed by atoms with Crippen molar-refractivity contribution in [2.75, 3.05) is 10.6 Å². The van der Waals surface area contributed by atoms with Gasteiger partial charge in [-0.05, 0) is 60.4 Å². The molecule has 158 valence electrons. The summed E-state index contributed by atoms with van der Waals surface area (Å²) >= 11 is 0. The van der Waals surface area contributed by atoms with Crippen LogP contribution in [0.5, 0.6) is 0 Å². The fourth-order valence-electron chi connectivity index (χ4n) is 3.23. The van der Waals surface area contributed by atoms with E-state index in [-0.39, 0.29) is 11.8 Å². The Morgan fingerprint density at radius 3 is 2.10 bits per heavy atom. The summed E-state index contributed by atoms with van der Waals surface area (Å²) in [6.45, 7) is 0. The fraction of sp³-hybridized carbons (Fsp3) is 0.167. The van der Waals surface area contributed by atoms with E-state index >= 15 is 0 Å². The topological polar surface area (TPSA) is 58.2 Å². The Morgan fingerprint density at radius 2 is 1.45 bits per heavy atom. The van der Waals surface area contributed by atoms with Crippen molar-refractivity contribution in [3.63, 3.8) is 0 Å².